The van der Waals surface area contributed by atoms with E-state index in [9.17, 15) is 0 Å². The number of rotatable bonds is 5. The number of hydrogen-bond acceptors (Lipinski definition) is 2. The van der Waals surface area contributed by atoms with Crippen LogP contribution >= 0.6 is 7.92 Å². The molecular weight excluding hydrogens is 337 g/mol. The van der Waals surface area contributed by atoms with Crippen molar-refractivity contribution in [2.75, 3.05) is 6.61 Å². The van der Waals surface area contributed by atoms with E-state index in [1.807, 2.05) is 0 Å². The van der Waals surface area contributed by atoms with Gasteiger partial charge in [-0.25, -0.2) is 4.99 Å². The van der Waals surface area contributed by atoms with Crippen LogP contribution in [0.15, 0.2) is 77.3 Å². The summed E-state index contributed by atoms with van der Waals surface area (Å²) in [4.78, 5) is 4.93. The summed E-state index contributed by atoms with van der Waals surface area (Å²) in [5.41, 5.74) is 1.83. The van der Waals surface area contributed by atoms with Crippen molar-refractivity contribution in [1.29, 1.82) is 0 Å². The average molecular weight is 363 g/mol. The quantitative estimate of drug-likeness (QED) is 0.708. The Labute approximate surface area is 157 Å². The minimum Gasteiger partial charge on any atom is -0.475 e. The van der Waals surface area contributed by atoms with Crippen LogP contribution in [-0.2, 0) is 4.74 Å². The maximum absolute atomic E-state index is 6.06. The molecule has 2 atom stereocenters. The minimum absolute atomic E-state index is 0.298. The van der Waals surface area contributed by atoms with Gasteiger partial charge in [0, 0.05) is 11.2 Å². The first-order valence-corrected chi connectivity index (χ1v) is 11.0. The van der Waals surface area contributed by atoms with Crippen LogP contribution in [0, 0.1) is 5.92 Å². The molecule has 2 nitrogen and oxygen atoms in total. The molecule has 0 bridgehead atoms. The zero-order valence-corrected chi connectivity index (χ0v) is 16.4. The van der Waals surface area contributed by atoms with Crippen molar-refractivity contribution in [3.8, 4) is 0 Å². The van der Waals surface area contributed by atoms with E-state index < -0.39 is 7.92 Å². The van der Waals surface area contributed by atoms with Crippen molar-refractivity contribution in [2.24, 2.45) is 10.9 Å². The fourth-order valence-electron chi connectivity index (χ4n) is 3.76. The Morgan fingerprint density at radius 2 is 1.58 bits per heavy atom. The van der Waals surface area contributed by atoms with Crippen LogP contribution in [0.25, 0.3) is 0 Å². The molecule has 0 saturated heterocycles. The summed E-state index contributed by atoms with van der Waals surface area (Å²) < 4.78 is 6.06. The van der Waals surface area contributed by atoms with E-state index in [-0.39, 0.29) is 0 Å². The summed E-state index contributed by atoms with van der Waals surface area (Å²) in [6.07, 6.45) is 4.67. The topological polar surface area (TPSA) is 21.6 Å². The van der Waals surface area contributed by atoms with Gasteiger partial charge < -0.3 is 4.74 Å². The Bertz CT molecular complexity index is 758. The van der Waals surface area contributed by atoms with Gasteiger partial charge in [-0.15, -0.1) is 0 Å². The average Bonchev–Trinajstić information content (AvgIpc) is 3.33. The van der Waals surface area contributed by atoms with Crippen LogP contribution in [0.2, 0.25) is 0 Å². The van der Waals surface area contributed by atoms with Gasteiger partial charge in [-0.2, -0.15) is 0 Å². The molecule has 2 aromatic carbocycles. The lowest BCUT2D eigenvalue weighted by Crippen LogP contribution is -2.24. The van der Waals surface area contributed by atoms with Gasteiger partial charge in [0.25, 0.3) is 0 Å². The van der Waals surface area contributed by atoms with E-state index in [4.69, 9.17) is 9.73 Å². The SMILES string of the molecule is CC(C)[C@@H]1COC(C2=CCCC2P(c2ccccc2)c2ccccc2)=N1. The van der Waals surface area contributed by atoms with E-state index in [1.54, 1.807) is 0 Å². The highest BCUT2D eigenvalue weighted by atomic mass is 31.1. The molecule has 2 aromatic rings. The molecule has 4 rings (SSSR count). The van der Waals surface area contributed by atoms with Crippen molar-refractivity contribution in [1.82, 2.24) is 0 Å². The van der Waals surface area contributed by atoms with Gasteiger partial charge in [-0.1, -0.05) is 80.6 Å². The molecule has 1 heterocycles. The highest BCUT2D eigenvalue weighted by Crippen LogP contribution is 2.48. The monoisotopic (exact) mass is 363 g/mol. The highest BCUT2D eigenvalue weighted by molar-refractivity contribution is 7.73. The third kappa shape index (κ3) is 3.48. The standard InChI is InChI=1S/C23H26NOP/c1-17(2)21-16-25-23(24-21)20-14-9-15-22(20)26(18-10-5-3-6-11-18)19-12-7-4-8-13-19/h3-8,10-14,17,21-22H,9,15-16H2,1-2H3/t21-,22?/m0/s1. The summed E-state index contributed by atoms with van der Waals surface area (Å²) in [6.45, 7) is 5.18. The van der Waals surface area contributed by atoms with Crippen LogP contribution in [0.4, 0.5) is 0 Å². The minimum atomic E-state index is -0.466. The van der Waals surface area contributed by atoms with Crippen molar-refractivity contribution < 1.29 is 4.74 Å². The van der Waals surface area contributed by atoms with E-state index >= 15 is 0 Å². The molecule has 0 fully saturated rings. The third-order valence-corrected chi connectivity index (χ3v) is 8.10. The second kappa shape index (κ2) is 7.76. The van der Waals surface area contributed by atoms with Crippen LogP contribution in [-0.4, -0.2) is 24.2 Å². The Morgan fingerprint density at radius 1 is 0.962 bits per heavy atom. The van der Waals surface area contributed by atoms with Crippen LogP contribution in [0.3, 0.4) is 0 Å². The lowest BCUT2D eigenvalue weighted by atomic mass is 10.1. The lowest BCUT2D eigenvalue weighted by Gasteiger charge is -2.27. The summed E-state index contributed by atoms with van der Waals surface area (Å²) in [7, 11) is -0.466. The zero-order valence-electron chi connectivity index (χ0n) is 15.5. The highest BCUT2D eigenvalue weighted by Gasteiger charge is 2.35. The van der Waals surface area contributed by atoms with E-state index in [0.29, 0.717) is 17.6 Å². The smallest absolute Gasteiger partial charge is 0.212 e. The molecule has 0 spiro atoms. The molecule has 2 aliphatic rings. The first kappa shape index (κ1) is 17.5. The first-order valence-electron chi connectivity index (χ1n) is 9.54. The second-order valence-corrected chi connectivity index (χ2v) is 9.75. The molecule has 1 aliphatic carbocycles. The van der Waals surface area contributed by atoms with Crippen molar-refractivity contribution >= 4 is 24.4 Å². The normalized spacial score (nSPS) is 22.5. The molecule has 0 saturated carbocycles. The molecule has 3 heteroatoms. The van der Waals surface area contributed by atoms with Gasteiger partial charge in [-0.05, 0) is 37.3 Å². The Kier molecular flexibility index (Phi) is 5.22. The third-order valence-electron chi connectivity index (χ3n) is 5.23. The number of aliphatic imine (C=N–C) groups is 1. The van der Waals surface area contributed by atoms with Crippen molar-refractivity contribution in [3.63, 3.8) is 0 Å². The number of benzene rings is 2. The fraction of sp³-hybridized carbons (Fsp3) is 0.348. The number of allylic oxidation sites excluding steroid dienone is 1. The maximum atomic E-state index is 6.06. The van der Waals surface area contributed by atoms with Gasteiger partial charge in [-0.3, -0.25) is 0 Å². The van der Waals surface area contributed by atoms with E-state index in [0.717, 1.165) is 18.9 Å². The van der Waals surface area contributed by atoms with E-state index in [2.05, 4.69) is 80.6 Å². The van der Waals surface area contributed by atoms with Gasteiger partial charge in [0.05, 0.1) is 6.04 Å². The first-order chi connectivity index (χ1) is 12.7. The summed E-state index contributed by atoms with van der Waals surface area (Å²) in [6, 6.07) is 22.3. The molecule has 0 aromatic heterocycles. The Hall–Kier alpha value is -1.92. The zero-order chi connectivity index (χ0) is 17.9. The van der Waals surface area contributed by atoms with E-state index in [1.165, 1.54) is 22.6 Å². The number of nitrogens with zero attached hydrogens (tertiary/aromatic N) is 1. The van der Waals surface area contributed by atoms with Gasteiger partial charge in [0.15, 0.2) is 0 Å². The second-order valence-electron chi connectivity index (χ2n) is 7.35. The number of hydrogen-bond donors (Lipinski definition) is 0. The predicted molar refractivity (Wildman–Crippen MR) is 112 cm³/mol. The summed E-state index contributed by atoms with van der Waals surface area (Å²) >= 11 is 0. The van der Waals surface area contributed by atoms with Crippen molar-refractivity contribution in [3.05, 3.63) is 72.3 Å². The molecule has 1 unspecified atom stereocenters. The predicted octanol–water partition coefficient (Wildman–Crippen LogP) is 4.66. The van der Waals surface area contributed by atoms with Crippen LogP contribution < -0.4 is 10.6 Å². The van der Waals surface area contributed by atoms with Gasteiger partial charge in [0.1, 0.15) is 6.61 Å². The molecule has 0 amide bonds. The maximum Gasteiger partial charge on any atom is 0.212 e. The van der Waals surface area contributed by atoms with Crippen molar-refractivity contribution in [2.45, 2.75) is 38.4 Å². The Balaban J connectivity index is 1.70. The molecule has 0 N–H and O–H groups in total. The molecule has 0 radical (unpaired) electrons. The van der Waals surface area contributed by atoms with Gasteiger partial charge in [0.2, 0.25) is 5.90 Å². The molecular formula is C23H26NOP. The Morgan fingerprint density at radius 3 is 2.12 bits per heavy atom. The number of ether oxygens (including phenoxy) is 1. The summed E-state index contributed by atoms with van der Waals surface area (Å²) in [5, 5.41) is 2.87. The van der Waals surface area contributed by atoms with Gasteiger partial charge >= 0.3 is 0 Å². The fourth-order valence-corrected chi connectivity index (χ4v) is 6.67. The molecule has 26 heavy (non-hydrogen) atoms. The lowest BCUT2D eigenvalue weighted by molar-refractivity contribution is 0.291. The summed E-state index contributed by atoms with van der Waals surface area (Å²) in [5.74, 6) is 1.43. The van der Waals surface area contributed by atoms with Crippen LogP contribution in [0.5, 0.6) is 0 Å². The van der Waals surface area contributed by atoms with Crippen LogP contribution in [0.1, 0.15) is 26.7 Å². The largest absolute Gasteiger partial charge is 0.475 e. The molecule has 134 valence electrons. The molecule has 1 aliphatic heterocycles.